The van der Waals surface area contributed by atoms with Crippen LogP contribution in [0.1, 0.15) is 22.8 Å². The largest absolute Gasteiger partial charge is 0.434 e. The van der Waals surface area contributed by atoms with Gasteiger partial charge in [-0.1, -0.05) is 23.8 Å². The molecule has 130 valence electrons. The van der Waals surface area contributed by atoms with Crippen LogP contribution in [0.4, 0.5) is 17.6 Å². The monoisotopic (exact) mass is 343 g/mol. The van der Waals surface area contributed by atoms with E-state index in [0.717, 1.165) is 17.7 Å². The summed E-state index contributed by atoms with van der Waals surface area (Å²) in [4.78, 5) is 0. The fourth-order valence-corrected chi connectivity index (χ4v) is 2.28. The van der Waals surface area contributed by atoms with E-state index in [2.05, 4.69) is 10.1 Å². The van der Waals surface area contributed by atoms with Crippen molar-refractivity contribution in [3.05, 3.63) is 64.7 Å². The van der Waals surface area contributed by atoms with Gasteiger partial charge in [-0.3, -0.25) is 0 Å². The molecule has 0 fully saturated rings. The molecule has 2 N–H and O–H groups in total. The van der Waals surface area contributed by atoms with Crippen molar-refractivity contribution >= 4 is 0 Å². The number of alkyl halides is 2. The zero-order valence-corrected chi connectivity index (χ0v) is 12.9. The maximum atomic E-state index is 13.6. The summed E-state index contributed by atoms with van der Waals surface area (Å²) in [5, 5.41) is 12.8. The molecule has 0 bridgehead atoms. The normalized spacial score (nSPS) is 12.5. The van der Waals surface area contributed by atoms with E-state index >= 15 is 0 Å². The standard InChI is InChI=1S/C17H17F4NO2/c1-10-2-5-16(24-17(20)21)11(6-10)8-22-9-15(23)13-4-3-12(18)7-14(13)19/h2-7,15,17,22-23H,8-9H2,1H3/t15-/m1/s1. The molecule has 0 aromatic heterocycles. The molecular formula is C17H17F4NO2. The van der Waals surface area contributed by atoms with Gasteiger partial charge in [0.05, 0.1) is 6.10 Å². The Morgan fingerprint density at radius 3 is 2.54 bits per heavy atom. The van der Waals surface area contributed by atoms with Crippen molar-refractivity contribution in [2.75, 3.05) is 6.54 Å². The first kappa shape index (κ1) is 18.2. The summed E-state index contributed by atoms with van der Waals surface area (Å²) >= 11 is 0. The molecule has 0 aliphatic rings. The molecule has 2 aromatic rings. The average molecular weight is 343 g/mol. The molecule has 1 atom stereocenters. The van der Waals surface area contributed by atoms with Crippen LogP contribution in [0.15, 0.2) is 36.4 Å². The van der Waals surface area contributed by atoms with Gasteiger partial charge in [0.25, 0.3) is 0 Å². The zero-order valence-electron chi connectivity index (χ0n) is 12.9. The van der Waals surface area contributed by atoms with Gasteiger partial charge in [-0.05, 0) is 19.1 Å². The molecule has 0 saturated heterocycles. The molecule has 24 heavy (non-hydrogen) atoms. The van der Waals surface area contributed by atoms with Gasteiger partial charge in [-0.2, -0.15) is 8.78 Å². The third-order valence-corrected chi connectivity index (χ3v) is 3.41. The highest BCUT2D eigenvalue weighted by Gasteiger charge is 2.14. The molecular weight excluding hydrogens is 326 g/mol. The number of benzene rings is 2. The Kier molecular flexibility index (Phi) is 6.16. The third kappa shape index (κ3) is 4.94. The summed E-state index contributed by atoms with van der Waals surface area (Å²) in [7, 11) is 0. The molecule has 0 saturated carbocycles. The first-order chi connectivity index (χ1) is 11.4. The minimum Gasteiger partial charge on any atom is -0.434 e. The van der Waals surface area contributed by atoms with Crippen LogP contribution in [-0.2, 0) is 6.54 Å². The summed E-state index contributed by atoms with van der Waals surface area (Å²) in [5.74, 6) is -1.54. The van der Waals surface area contributed by atoms with Crippen molar-refractivity contribution in [3.63, 3.8) is 0 Å². The lowest BCUT2D eigenvalue weighted by Crippen LogP contribution is -2.22. The predicted octanol–water partition coefficient (Wildman–Crippen LogP) is 3.70. The van der Waals surface area contributed by atoms with E-state index in [0.29, 0.717) is 11.6 Å². The number of halogens is 4. The van der Waals surface area contributed by atoms with Gasteiger partial charge in [0.15, 0.2) is 0 Å². The van der Waals surface area contributed by atoms with Crippen LogP contribution in [0, 0.1) is 18.6 Å². The van der Waals surface area contributed by atoms with Crippen LogP contribution in [-0.4, -0.2) is 18.3 Å². The summed E-state index contributed by atoms with van der Waals surface area (Å²) in [6, 6.07) is 7.66. The lowest BCUT2D eigenvalue weighted by atomic mass is 10.1. The van der Waals surface area contributed by atoms with E-state index in [1.807, 2.05) is 0 Å². The maximum absolute atomic E-state index is 13.6. The van der Waals surface area contributed by atoms with Gasteiger partial charge in [0.1, 0.15) is 17.4 Å². The minimum absolute atomic E-state index is 0.0329. The van der Waals surface area contributed by atoms with E-state index < -0.39 is 24.3 Å². The number of aryl methyl sites for hydroxylation is 1. The quantitative estimate of drug-likeness (QED) is 0.754. The van der Waals surface area contributed by atoms with Crippen molar-refractivity contribution in [2.24, 2.45) is 0 Å². The number of hydrogen-bond donors (Lipinski definition) is 2. The van der Waals surface area contributed by atoms with Gasteiger partial charge in [-0.15, -0.1) is 0 Å². The third-order valence-electron chi connectivity index (χ3n) is 3.41. The van der Waals surface area contributed by atoms with Crippen molar-refractivity contribution < 1.29 is 27.4 Å². The highest BCUT2D eigenvalue weighted by molar-refractivity contribution is 5.37. The van der Waals surface area contributed by atoms with E-state index in [1.165, 1.54) is 6.07 Å². The van der Waals surface area contributed by atoms with Crippen LogP contribution < -0.4 is 10.1 Å². The highest BCUT2D eigenvalue weighted by atomic mass is 19.3. The molecule has 0 aliphatic carbocycles. The van der Waals surface area contributed by atoms with Gasteiger partial charge in [0, 0.05) is 30.3 Å². The SMILES string of the molecule is Cc1ccc(OC(F)F)c(CNC[C@@H](O)c2ccc(F)cc2F)c1. The molecule has 7 heteroatoms. The molecule has 0 unspecified atom stereocenters. The Balaban J connectivity index is 1.99. The number of ether oxygens (including phenoxy) is 1. The van der Waals surface area contributed by atoms with Crippen molar-refractivity contribution in [1.29, 1.82) is 0 Å². The second kappa shape index (κ2) is 8.12. The minimum atomic E-state index is -2.94. The first-order valence-corrected chi connectivity index (χ1v) is 7.25. The number of aliphatic hydroxyl groups excluding tert-OH is 1. The van der Waals surface area contributed by atoms with E-state index in [4.69, 9.17) is 0 Å². The molecule has 0 aliphatic heterocycles. The topological polar surface area (TPSA) is 41.5 Å². The van der Waals surface area contributed by atoms with Crippen LogP contribution in [0.2, 0.25) is 0 Å². The summed E-state index contributed by atoms with van der Waals surface area (Å²) in [5.41, 5.74) is 1.30. The first-order valence-electron chi connectivity index (χ1n) is 7.25. The smallest absolute Gasteiger partial charge is 0.387 e. The number of aliphatic hydroxyl groups is 1. The summed E-state index contributed by atoms with van der Waals surface area (Å²) < 4.78 is 55.7. The average Bonchev–Trinajstić information content (AvgIpc) is 2.49. The maximum Gasteiger partial charge on any atom is 0.387 e. The Labute approximate surface area is 136 Å². The molecule has 0 radical (unpaired) electrons. The Morgan fingerprint density at radius 2 is 1.88 bits per heavy atom. The lowest BCUT2D eigenvalue weighted by Gasteiger charge is -2.15. The molecule has 0 spiro atoms. The highest BCUT2D eigenvalue weighted by Crippen LogP contribution is 2.22. The fraction of sp³-hybridized carbons (Fsp3) is 0.294. The number of rotatable bonds is 7. The predicted molar refractivity (Wildman–Crippen MR) is 80.8 cm³/mol. The Bertz CT molecular complexity index is 694. The Hall–Kier alpha value is -2.12. The van der Waals surface area contributed by atoms with Gasteiger partial charge in [0.2, 0.25) is 0 Å². The van der Waals surface area contributed by atoms with Crippen molar-refractivity contribution in [2.45, 2.75) is 26.2 Å². The van der Waals surface area contributed by atoms with Gasteiger partial charge >= 0.3 is 6.61 Å². The van der Waals surface area contributed by atoms with Crippen molar-refractivity contribution in [3.8, 4) is 5.75 Å². The number of hydrogen-bond acceptors (Lipinski definition) is 3. The lowest BCUT2D eigenvalue weighted by molar-refractivity contribution is -0.0505. The molecule has 2 rings (SSSR count). The van der Waals surface area contributed by atoms with Crippen LogP contribution in [0.3, 0.4) is 0 Å². The summed E-state index contributed by atoms with van der Waals surface area (Å²) in [6.45, 7) is -1.03. The molecule has 2 aromatic carbocycles. The second-order valence-corrected chi connectivity index (χ2v) is 5.30. The number of nitrogens with one attached hydrogen (secondary N) is 1. The van der Waals surface area contributed by atoms with Gasteiger partial charge < -0.3 is 15.2 Å². The molecule has 0 heterocycles. The zero-order chi connectivity index (χ0) is 17.7. The van der Waals surface area contributed by atoms with Crippen molar-refractivity contribution in [1.82, 2.24) is 5.32 Å². The summed E-state index contributed by atoms with van der Waals surface area (Å²) in [6.07, 6.45) is -1.20. The van der Waals surface area contributed by atoms with Crippen LogP contribution in [0.25, 0.3) is 0 Å². The van der Waals surface area contributed by atoms with E-state index in [-0.39, 0.29) is 24.4 Å². The van der Waals surface area contributed by atoms with E-state index in [9.17, 15) is 22.7 Å². The second-order valence-electron chi connectivity index (χ2n) is 5.30. The van der Waals surface area contributed by atoms with Crippen LogP contribution >= 0.6 is 0 Å². The van der Waals surface area contributed by atoms with Crippen LogP contribution in [0.5, 0.6) is 5.75 Å². The Morgan fingerprint density at radius 1 is 1.12 bits per heavy atom. The van der Waals surface area contributed by atoms with E-state index in [1.54, 1.807) is 19.1 Å². The molecule has 0 amide bonds. The van der Waals surface area contributed by atoms with Gasteiger partial charge in [-0.25, -0.2) is 8.78 Å². The molecule has 3 nitrogen and oxygen atoms in total. The fourth-order valence-electron chi connectivity index (χ4n) is 2.28.